The molecule has 4 nitrogen and oxygen atoms in total. The second-order valence-electron chi connectivity index (χ2n) is 6.13. The fraction of sp³-hybridized carbons (Fsp3) is 0.150. The minimum atomic E-state index is -4.65. The lowest BCUT2D eigenvalue weighted by atomic mass is 10.1. The Bertz CT molecular complexity index is 1040. The zero-order valence-electron chi connectivity index (χ0n) is 15.4. The molecule has 0 spiro atoms. The summed E-state index contributed by atoms with van der Waals surface area (Å²) in [4.78, 5) is 20.3. The summed E-state index contributed by atoms with van der Waals surface area (Å²) in [7, 11) is 0. The largest absolute Gasteiger partial charge is 0.433 e. The molecule has 1 heterocycles. The fourth-order valence-electron chi connectivity index (χ4n) is 2.43. The van der Waals surface area contributed by atoms with Gasteiger partial charge in [0.05, 0.1) is 26.7 Å². The third-order valence-electron chi connectivity index (χ3n) is 3.93. The number of halogens is 5. The Balaban J connectivity index is 1.87. The van der Waals surface area contributed by atoms with E-state index in [0.29, 0.717) is 5.56 Å². The smallest absolute Gasteiger partial charge is 0.323 e. The molecule has 10 heteroatoms. The lowest BCUT2D eigenvalue weighted by Crippen LogP contribution is -2.23. The maximum Gasteiger partial charge on any atom is 0.433 e. The number of para-hydroxylation sites is 1. The summed E-state index contributed by atoms with van der Waals surface area (Å²) >= 11 is 12.9. The summed E-state index contributed by atoms with van der Waals surface area (Å²) in [5, 5.41) is 2.09. The van der Waals surface area contributed by atoms with Gasteiger partial charge >= 0.3 is 6.18 Å². The molecule has 0 aliphatic rings. The van der Waals surface area contributed by atoms with Crippen molar-refractivity contribution in [1.82, 2.24) is 9.97 Å². The van der Waals surface area contributed by atoms with Gasteiger partial charge in [-0.05, 0) is 25.1 Å². The van der Waals surface area contributed by atoms with E-state index >= 15 is 0 Å². The van der Waals surface area contributed by atoms with Crippen molar-refractivity contribution in [2.24, 2.45) is 0 Å². The quantitative estimate of drug-likeness (QED) is 0.336. The highest BCUT2D eigenvalue weighted by Crippen LogP contribution is 2.34. The van der Waals surface area contributed by atoms with E-state index in [0.717, 1.165) is 17.8 Å². The highest BCUT2D eigenvalue weighted by Gasteiger charge is 2.34. The van der Waals surface area contributed by atoms with Crippen molar-refractivity contribution in [2.45, 2.75) is 23.5 Å². The highest BCUT2D eigenvalue weighted by atomic mass is 35.5. The topological polar surface area (TPSA) is 54.9 Å². The van der Waals surface area contributed by atoms with Gasteiger partial charge in [0.1, 0.15) is 5.69 Å². The van der Waals surface area contributed by atoms with Crippen molar-refractivity contribution in [3.63, 3.8) is 0 Å². The number of nitrogens with one attached hydrogen (secondary N) is 1. The molecular weight excluding hydrogens is 458 g/mol. The first-order valence-corrected chi connectivity index (χ1v) is 10.2. The number of alkyl halides is 3. The minimum absolute atomic E-state index is 0.113. The Labute approximate surface area is 184 Å². The zero-order chi connectivity index (χ0) is 21.9. The minimum Gasteiger partial charge on any atom is -0.323 e. The molecule has 0 unspecified atom stereocenters. The summed E-state index contributed by atoms with van der Waals surface area (Å²) < 4.78 is 40.0. The number of aromatic nitrogens is 2. The first-order chi connectivity index (χ1) is 14.1. The molecule has 0 fully saturated rings. The van der Waals surface area contributed by atoms with Gasteiger partial charge in [0.25, 0.3) is 0 Å². The first kappa shape index (κ1) is 22.4. The SMILES string of the molecule is C[C@@H](Sc1nc(-c2ccccc2)cc(C(F)(F)F)n1)C(=O)Nc1c(Cl)cccc1Cl. The Morgan fingerprint density at radius 2 is 1.67 bits per heavy atom. The molecule has 0 radical (unpaired) electrons. The number of hydrogen-bond acceptors (Lipinski definition) is 4. The summed E-state index contributed by atoms with van der Waals surface area (Å²) in [5.74, 6) is -0.503. The summed E-state index contributed by atoms with van der Waals surface area (Å²) in [6.07, 6.45) is -4.65. The fourth-order valence-corrected chi connectivity index (χ4v) is 3.71. The van der Waals surface area contributed by atoms with Crippen LogP contribution in [0, 0.1) is 0 Å². The van der Waals surface area contributed by atoms with Gasteiger partial charge in [-0.3, -0.25) is 4.79 Å². The van der Waals surface area contributed by atoms with E-state index in [2.05, 4.69) is 15.3 Å². The maximum absolute atomic E-state index is 13.3. The molecule has 1 aromatic heterocycles. The van der Waals surface area contributed by atoms with Crippen LogP contribution in [0.4, 0.5) is 18.9 Å². The van der Waals surface area contributed by atoms with Crippen LogP contribution in [-0.2, 0) is 11.0 Å². The molecule has 2 aromatic carbocycles. The van der Waals surface area contributed by atoms with Gasteiger partial charge in [0.2, 0.25) is 5.91 Å². The number of thioether (sulfide) groups is 1. The van der Waals surface area contributed by atoms with Crippen LogP contribution in [0.2, 0.25) is 10.0 Å². The summed E-state index contributed by atoms with van der Waals surface area (Å²) in [6, 6.07) is 14.1. The van der Waals surface area contributed by atoms with Gasteiger partial charge < -0.3 is 5.32 Å². The average molecular weight is 472 g/mol. The number of carbonyl (C=O) groups excluding carboxylic acids is 1. The number of benzene rings is 2. The molecule has 0 bridgehead atoms. The molecule has 3 aromatic rings. The highest BCUT2D eigenvalue weighted by molar-refractivity contribution is 8.00. The standard InChI is InChI=1S/C20H14Cl2F3N3OS/c1-11(18(29)28-17-13(21)8-5-9-14(17)22)30-19-26-15(12-6-3-2-4-7-12)10-16(27-19)20(23,24)25/h2-11H,1H3,(H,28,29)/t11-/m1/s1. The van der Waals surface area contributed by atoms with Crippen molar-refractivity contribution < 1.29 is 18.0 Å². The van der Waals surface area contributed by atoms with E-state index in [1.165, 1.54) is 6.92 Å². The van der Waals surface area contributed by atoms with Crippen molar-refractivity contribution in [3.05, 3.63) is 70.3 Å². The van der Waals surface area contributed by atoms with Crippen molar-refractivity contribution >= 4 is 46.6 Å². The van der Waals surface area contributed by atoms with E-state index < -0.39 is 23.0 Å². The van der Waals surface area contributed by atoms with Crippen LogP contribution in [0.15, 0.2) is 59.8 Å². The Morgan fingerprint density at radius 1 is 1.03 bits per heavy atom. The second-order valence-corrected chi connectivity index (χ2v) is 8.25. The maximum atomic E-state index is 13.3. The van der Waals surface area contributed by atoms with E-state index in [-0.39, 0.29) is 26.6 Å². The molecule has 0 aliphatic carbocycles. The summed E-state index contributed by atoms with van der Waals surface area (Å²) in [5.41, 5.74) is -0.233. The Hall–Kier alpha value is -2.29. The van der Waals surface area contributed by atoms with E-state index in [1.807, 2.05) is 0 Å². The molecule has 156 valence electrons. The molecule has 0 saturated heterocycles. The van der Waals surface area contributed by atoms with Crippen LogP contribution < -0.4 is 5.32 Å². The van der Waals surface area contributed by atoms with Gasteiger partial charge in [-0.25, -0.2) is 9.97 Å². The van der Waals surface area contributed by atoms with Crippen molar-refractivity contribution in [3.8, 4) is 11.3 Å². The van der Waals surface area contributed by atoms with Gasteiger partial charge in [-0.15, -0.1) is 0 Å². The van der Waals surface area contributed by atoms with Crippen LogP contribution in [0.5, 0.6) is 0 Å². The number of carbonyl (C=O) groups is 1. The van der Waals surface area contributed by atoms with E-state index in [4.69, 9.17) is 23.2 Å². The van der Waals surface area contributed by atoms with Crippen LogP contribution in [0.25, 0.3) is 11.3 Å². The van der Waals surface area contributed by atoms with Crippen molar-refractivity contribution in [1.29, 1.82) is 0 Å². The van der Waals surface area contributed by atoms with Gasteiger partial charge in [0, 0.05) is 5.56 Å². The molecule has 30 heavy (non-hydrogen) atoms. The average Bonchev–Trinajstić information content (AvgIpc) is 2.70. The Morgan fingerprint density at radius 3 is 2.27 bits per heavy atom. The van der Waals surface area contributed by atoms with Crippen molar-refractivity contribution in [2.75, 3.05) is 5.32 Å². The lowest BCUT2D eigenvalue weighted by molar-refractivity contribution is -0.141. The molecule has 1 N–H and O–H groups in total. The number of rotatable bonds is 5. The number of nitrogens with zero attached hydrogens (tertiary/aromatic N) is 2. The Kier molecular flexibility index (Phi) is 6.90. The molecule has 3 rings (SSSR count). The predicted molar refractivity (Wildman–Crippen MR) is 113 cm³/mol. The van der Waals surface area contributed by atoms with E-state index in [1.54, 1.807) is 48.5 Å². The third-order valence-corrected chi connectivity index (χ3v) is 5.52. The van der Waals surface area contributed by atoms with Gasteiger partial charge in [-0.1, -0.05) is 71.4 Å². The number of hydrogen-bond donors (Lipinski definition) is 1. The van der Waals surface area contributed by atoms with Crippen LogP contribution >= 0.6 is 35.0 Å². The zero-order valence-corrected chi connectivity index (χ0v) is 17.7. The summed E-state index contributed by atoms with van der Waals surface area (Å²) in [6.45, 7) is 1.52. The monoisotopic (exact) mass is 471 g/mol. The van der Waals surface area contributed by atoms with Crippen LogP contribution in [-0.4, -0.2) is 21.1 Å². The normalized spacial score (nSPS) is 12.5. The number of amides is 1. The predicted octanol–water partition coefficient (Wildman–Crippen LogP) is 6.59. The first-order valence-electron chi connectivity index (χ1n) is 8.58. The molecule has 0 aliphatic heterocycles. The lowest BCUT2D eigenvalue weighted by Gasteiger charge is -2.15. The van der Waals surface area contributed by atoms with Gasteiger partial charge in [0.15, 0.2) is 5.16 Å². The molecule has 1 atom stereocenters. The van der Waals surface area contributed by atoms with Gasteiger partial charge in [-0.2, -0.15) is 13.2 Å². The molecular formula is C20H14Cl2F3N3OS. The third kappa shape index (κ3) is 5.44. The van der Waals surface area contributed by atoms with E-state index in [9.17, 15) is 18.0 Å². The van der Waals surface area contributed by atoms with Crippen LogP contribution in [0.3, 0.4) is 0 Å². The molecule has 1 amide bonds. The number of anilines is 1. The molecule has 0 saturated carbocycles. The van der Waals surface area contributed by atoms with Crippen LogP contribution in [0.1, 0.15) is 12.6 Å². The second kappa shape index (κ2) is 9.24.